The third-order valence-electron chi connectivity index (χ3n) is 6.33. The highest BCUT2D eigenvalue weighted by Gasteiger charge is 2.20. The summed E-state index contributed by atoms with van der Waals surface area (Å²) < 4.78 is 26.9. The number of carbonyl (C=O) groups excluding carboxylic acids is 3. The highest BCUT2D eigenvalue weighted by Crippen LogP contribution is 2.39. The first-order valence-corrected chi connectivity index (χ1v) is 13.3. The monoisotopic (exact) mass is 597 g/mol. The number of nitrogens with one attached hydrogen (secondary N) is 2. The molecule has 0 aliphatic heterocycles. The topological polar surface area (TPSA) is 134 Å². The summed E-state index contributed by atoms with van der Waals surface area (Å²) in [6.07, 6.45) is 1.41. The quantitative estimate of drug-likeness (QED) is 0.103. The van der Waals surface area contributed by atoms with E-state index in [0.29, 0.717) is 39.6 Å². The average Bonchev–Trinajstić information content (AvgIpc) is 3.04. The predicted molar refractivity (Wildman–Crippen MR) is 165 cm³/mol. The largest absolute Gasteiger partial charge is 0.493 e. The predicted octanol–water partition coefficient (Wildman–Crippen LogP) is 5.26. The van der Waals surface area contributed by atoms with Crippen molar-refractivity contribution < 1.29 is 38.1 Å². The lowest BCUT2D eigenvalue weighted by Gasteiger charge is -2.14. The Kier molecular flexibility index (Phi) is 10.2. The van der Waals surface area contributed by atoms with E-state index in [2.05, 4.69) is 15.8 Å². The first-order valence-electron chi connectivity index (χ1n) is 13.3. The molecule has 4 rings (SSSR count). The fourth-order valence-electron chi connectivity index (χ4n) is 4.16. The summed E-state index contributed by atoms with van der Waals surface area (Å²) in [5.74, 6) is -0.0520. The summed E-state index contributed by atoms with van der Waals surface area (Å²) in [4.78, 5) is 38.2. The molecule has 0 bridgehead atoms. The maximum absolute atomic E-state index is 12.9. The molecule has 0 aliphatic carbocycles. The van der Waals surface area contributed by atoms with E-state index in [1.54, 1.807) is 54.6 Å². The van der Waals surface area contributed by atoms with Gasteiger partial charge in [0.2, 0.25) is 5.75 Å². The normalized spacial score (nSPS) is 10.6. The summed E-state index contributed by atoms with van der Waals surface area (Å²) in [5, 5.41) is 6.81. The van der Waals surface area contributed by atoms with Crippen LogP contribution in [0.1, 0.15) is 42.2 Å². The molecule has 0 atom stereocenters. The summed E-state index contributed by atoms with van der Waals surface area (Å²) in [5.41, 5.74) is 5.45. The molecule has 0 unspecified atom stereocenters. The van der Waals surface area contributed by atoms with Crippen LogP contribution in [0.25, 0.3) is 0 Å². The van der Waals surface area contributed by atoms with Gasteiger partial charge in [0.1, 0.15) is 0 Å². The molecule has 4 aromatic carbocycles. The van der Waals surface area contributed by atoms with Gasteiger partial charge in [0.15, 0.2) is 23.0 Å². The Balaban J connectivity index is 1.41. The molecule has 0 aromatic heterocycles. The summed E-state index contributed by atoms with van der Waals surface area (Å²) >= 11 is 0. The fraction of sp³-hybridized carbons (Fsp3) is 0.152. The van der Waals surface area contributed by atoms with Gasteiger partial charge < -0.3 is 29.0 Å². The van der Waals surface area contributed by atoms with Crippen LogP contribution in [0.2, 0.25) is 0 Å². The van der Waals surface area contributed by atoms with Crippen molar-refractivity contribution in [3.05, 3.63) is 107 Å². The molecule has 2 N–H and O–H groups in total. The van der Waals surface area contributed by atoms with Crippen molar-refractivity contribution in [2.45, 2.75) is 6.92 Å². The Morgan fingerprint density at radius 3 is 1.95 bits per heavy atom. The number of nitrogens with zero attached hydrogens (tertiary/aromatic N) is 1. The van der Waals surface area contributed by atoms with Crippen LogP contribution in [0.3, 0.4) is 0 Å². The number of anilines is 1. The number of benzene rings is 4. The van der Waals surface area contributed by atoms with Gasteiger partial charge >= 0.3 is 5.97 Å². The highest BCUT2D eigenvalue weighted by molar-refractivity contribution is 6.05. The number of rotatable bonds is 11. The third kappa shape index (κ3) is 7.51. The standard InChI is InChI=1S/C33H31N3O8/c1-20-8-6-9-22(14-20)31(37)35-25-11-7-10-23(16-25)32(38)36-34-19-21-12-13-26(27(15-21)40-2)44-33(39)24-17-28(41-3)30(43-5)29(18-24)42-4/h6-19H,1-5H3,(H,35,37)(H,36,38). The highest BCUT2D eigenvalue weighted by atomic mass is 16.6. The lowest BCUT2D eigenvalue weighted by atomic mass is 10.1. The number of hydrogen-bond acceptors (Lipinski definition) is 9. The van der Waals surface area contributed by atoms with Gasteiger partial charge in [-0.3, -0.25) is 9.59 Å². The average molecular weight is 598 g/mol. The molecular formula is C33H31N3O8. The van der Waals surface area contributed by atoms with Crippen molar-refractivity contribution >= 4 is 29.7 Å². The van der Waals surface area contributed by atoms with E-state index in [1.807, 2.05) is 13.0 Å². The molecular weight excluding hydrogens is 566 g/mol. The molecule has 0 aliphatic rings. The van der Waals surface area contributed by atoms with Gasteiger partial charge in [0.25, 0.3) is 11.8 Å². The number of aryl methyl sites for hydroxylation is 1. The van der Waals surface area contributed by atoms with Gasteiger partial charge in [-0.05, 0) is 73.2 Å². The maximum Gasteiger partial charge on any atom is 0.343 e. The number of ether oxygens (including phenoxy) is 5. The van der Waals surface area contributed by atoms with Crippen LogP contribution in [0.4, 0.5) is 5.69 Å². The Hall–Kier alpha value is -5.84. The summed E-state index contributed by atoms with van der Waals surface area (Å²) in [6.45, 7) is 1.90. The Morgan fingerprint density at radius 1 is 0.659 bits per heavy atom. The number of amides is 2. The molecule has 4 aromatic rings. The molecule has 11 nitrogen and oxygen atoms in total. The van der Waals surface area contributed by atoms with Crippen molar-refractivity contribution in [3.8, 4) is 28.7 Å². The van der Waals surface area contributed by atoms with Crippen molar-refractivity contribution in [3.63, 3.8) is 0 Å². The molecule has 0 saturated carbocycles. The first-order chi connectivity index (χ1) is 21.3. The number of hydrazone groups is 1. The van der Waals surface area contributed by atoms with E-state index in [1.165, 1.54) is 52.9 Å². The van der Waals surface area contributed by atoms with Crippen molar-refractivity contribution in [1.29, 1.82) is 0 Å². The Labute approximate surface area is 254 Å². The zero-order chi connectivity index (χ0) is 31.6. The van der Waals surface area contributed by atoms with Gasteiger partial charge in [-0.2, -0.15) is 5.10 Å². The second kappa shape index (κ2) is 14.4. The van der Waals surface area contributed by atoms with E-state index in [0.717, 1.165) is 5.56 Å². The van der Waals surface area contributed by atoms with Crippen LogP contribution in [0.15, 0.2) is 84.0 Å². The fourth-order valence-corrected chi connectivity index (χ4v) is 4.16. The lowest BCUT2D eigenvalue weighted by molar-refractivity contribution is 0.0728. The van der Waals surface area contributed by atoms with Crippen LogP contribution >= 0.6 is 0 Å². The van der Waals surface area contributed by atoms with Crippen molar-refractivity contribution in [2.24, 2.45) is 5.10 Å². The Bertz CT molecular complexity index is 1690. The zero-order valence-corrected chi connectivity index (χ0v) is 24.8. The Morgan fingerprint density at radius 2 is 1.32 bits per heavy atom. The van der Waals surface area contributed by atoms with Gasteiger partial charge in [-0.25, -0.2) is 10.2 Å². The minimum absolute atomic E-state index is 0.164. The molecule has 0 spiro atoms. The van der Waals surface area contributed by atoms with Gasteiger partial charge in [-0.1, -0.05) is 23.8 Å². The van der Waals surface area contributed by atoms with E-state index in [-0.39, 0.29) is 23.0 Å². The van der Waals surface area contributed by atoms with E-state index >= 15 is 0 Å². The first kappa shape index (κ1) is 31.1. The molecule has 0 saturated heterocycles. The van der Waals surface area contributed by atoms with Crippen LogP contribution in [-0.2, 0) is 0 Å². The minimum Gasteiger partial charge on any atom is -0.493 e. The van der Waals surface area contributed by atoms with Crippen LogP contribution < -0.4 is 34.4 Å². The van der Waals surface area contributed by atoms with Crippen molar-refractivity contribution in [1.82, 2.24) is 5.43 Å². The molecule has 226 valence electrons. The summed E-state index contributed by atoms with van der Waals surface area (Å²) in [7, 11) is 5.79. The molecule has 44 heavy (non-hydrogen) atoms. The van der Waals surface area contributed by atoms with Crippen LogP contribution in [-0.4, -0.2) is 52.4 Å². The summed E-state index contributed by atoms with van der Waals surface area (Å²) in [6, 6.07) is 21.4. The van der Waals surface area contributed by atoms with Gasteiger partial charge in [0, 0.05) is 16.8 Å². The van der Waals surface area contributed by atoms with E-state index in [4.69, 9.17) is 23.7 Å². The molecule has 0 fully saturated rings. The van der Waals surface area contributed by atoms with Crippen molar-refractivity contribution in [2.75, 3.05) is 33.8 Å². The lowest BCUT2D eigenvalue weighted by Crippen LogP contribution is -2.18. The number of esters is 1. The van der Waals surface area contributed by atoms with Gasteiger partial charge in [-0.15, -0.1) is 0 Å². The molecule has 2 amide bonds. The number of hydrogen-bond donors (Lipinski definition) is 2. The third-order valence-corrected chi connectivity index (χ3v) is 6.33. The molecule has 11 heteroatoms. The van der Waals surface area contributed by atoms with Gasteiger partial charge in [0.05, 0.1) is 40.2 Å². The molecule has 0 radical (unpaired) electrons. The van der Waals surface area contributed by atoms with E-state index in [9.17, 15) is 14.4 Å². The zero-order valence-electron chi connectivity index (χ0n) is 24.8. The smallest absolute Gasteiger partial charge is 0.343 e. The van der Waals surface area contributed by atoms with Crippen LogP contribution in [0.5, 0.6) is 28.7 Å². The SMILES string of the molecule is COc1cc(C=NNC(=O)c2cccc(NC(=O)c3cccc(C)c3)c2)ccc1OC(=O)c1cc(OC)c(OC)c(OC)c1. The number of methoxy groups -OCH3 is 4. The minimum atomic E-state index is -0.673. The second-order valence-electron chi connectivity index (χ2n) is 9.32. The molecule has 0 heterocycles. The van der Waals surface area contributed by atoms with Crippen LogP contribution in [0, 0.1) is 6.92 Å². The number of carbonyl (C=O) groups is 3. The van der Waals surface area contributed by atoms with E-state index < -0.39 is 11.9 Å². The maximum atomic E-state index is 12.9. The second-order valence-corrected chi connectivity index (χ2v) is 9.32.